The Morgan fingerprint density at radius 1 is 1.23 bits per heavy atom. The highest BCUT2D eigenvalue weighted by Gasteiger charge is 2.29. The van der Waals surface area contributed by atoms with Gasteiger partial charge in [0, 0.05) is 25.6 Å². The van der Waals surface area contributed by atoms with E-state index < -0.39 is 12.0 Å². The first-order valence-corrected chi connectivity index (χ1v) is 9.46. The third kappa shape index (κ3) is 7.50. The van der Waals surface area contributed by atoms with E-state index in [9.17, 15) is 14.4 Å². The molecule has 8 heteroatoms. The number of nitrogens with one attached hydrogen (secondary N) is 2. The van der Waals surface area contributed by atoms with Crippen LogP contribution in [0, 0.1) is 11.8 Å². The number of carbonyl (C=O) groups is 3. The number of amides is 2. The number of rotatable bonds is 7. The fourth-order valence-corrected chi connectivity index (χ4v) is 3.75. The Morgan fingerprint density at radius 3 is 2.58 bits per heavy atom. The Balaban J connectivity index is 0.00000338. The molecule has 3 N–H and O–H groups in total. The summed E-state index contributed by atoms with van der Waals surface area (Å²) in [5.41, 5.74) is 0. The highest BCUT2D eigenvalue weighted by atomic mass is 35.5. The second-order valence-electron chi connectivity index (χ2n) is 7.42. The number of likely N-dealkylation sites (tertiary alicyclic amines) is 1. The molecule has 2 amide bonds. The molecule has 2 saturated heterocycles. The molecule has 0 spiro atoms. The lowest BCUT2D eigenvalue weighted by Gasteiger charge is -2.33. The fraction of sp³-hybridized carbons (Fsp3) is 0.833. The van der Waals surface area contributed by atoms with Crippen molar-refractivity contribution in [2.45, 2.75) is 57.9 Å². The molecule has 0 bridgehead atoms. The van der Waals surface area contributed by atoms with Crippen LogP contribution in [-0.2, 0) is 14.4 Å². The number of hydrogen-bond acceptors (Lipinski definition) is 4. The van der Waals surface area contributed by atoms with E-state index in [2.05, 4.69) is 10.6 Å². The molecular formula is C18H32ClN3O4. The standard InChI is InChI=1S/C18H31N3O4.ClH/c1-13(11-17(23)24)20-18(25)15-3-2-10-21(12-15)16(22)5-4-14-6-8-19-9-7-14;/h13-15,19H,2-12H2,1H3,(H,20,25)(H,23,24);1H. The minimum absolute atomic E-state index is 0. The van der Waals surface area contributed by atoms with Gasteiger partial charge in [0.15, 0.2) is 0 Å². The molecule has 0 aromatic rings. The normalized spacial score (nSPS) is 22.2. The monoisotopic (exact) mass is 389 g/mol. The van der Waals surface area contributed by atoms with E-state index in [0.29, 0.717) is 18.9 Å². The van der Waals surface area contributed by atoms with Gasteiger partial charge < -0.3 is 20.6 Å². The molecule has 2 aliphatic heterocycles. The second-order valence-corrected chi connectivity index (χ2v) is 7.42. The predicted molar refractivity (Wildman–Crippen MR) is 101 cm³/mol. The maximum absolute atomic E-state index is 12.5. The van der Waals surface area contributed by atoms with Gasteiger partial charge in [-0.05, 0) is 58.0 Å². The summed E-state index contributed by atoms with van der Waals surface area (Å²) >= 11 is 0. The zero-order valence-electron chi connectivity index (χ0n) is 15.5. The molecule has 2 atom stereocenters. The summed E-state index contributed by atoms with van der Waals surface area (Å²) in [7, 11) is 0. The van der Waals surface area contributed by atoms with E-state index in [-0.39, 0.29) is 36.6 Å². The van der Waals surface area contributed by atoms with Crippen LogP contribution in [0.2, 0.25) is 0 Å². The van der Waals surface area contributed by atoms with Gasteiger partial charge in [-0.2, -0.15) is 0 Å². The lowest BCUT2D eigenvalue weighted by molar-refractivity contribution is -0.137. The van der Waals surface area contributed by atoms with Crippen molar-refractivity contribution in [3.63, 3.8) is 0 Å². The summed E-state index contributed by atoms with van der Waals surface area (Å²) < 4.78 is 0. The van der Waals surface area contributed by atoms with Crippen molar-refractivity contribution >= 4 is 30.2 Å². The first-order valence-electron chi connectivity index (χ1n) is 9.46. The smallest absolute Gasteiger partial charge is 0.305 e. The van der Waals surface area contributed by atoms with Crippen molar-refractivity contribution in [2.75, 3.05) is 26.2 Å². The summed E-state index contributed by atoms with van der Waals surface area (Å²) in [6, 6.07) is -0.393. The quantitative estimate of drug-likeness (QED) is 0.611. The molecule has 2 heterocycles. The van der Waals surface area contributed by atoms with Crippen LogP contribution in [0.25, 0.3) is 0 Å². The zero-order valence-corrected chi connectivity index (χ0v) is 16.4. The number of piperidine rings is 2. The van der Waals surface area contributed by atoms with Crippen molar-refractivity contribution in [2.24, 2.45) is 11.8 Å². The first kappa shape index (κ1) is 22.7. The number of hydrogen-bond donors (Lipinski definition) is 3. The Hall–Kier alpha value is -1.34. The number of carboxylic acids is 1. The van der Waals surface area contributed by atoms with E-state index in [1.54, 1.807) is 6.92 Å². The lowest BCUT2D eigenvalue weighted by atomic mass is 9.92. The van der Waals surface area contributed by atoms with Gasteiger partial charge in [-0.15, -0.1) is 12.4 Å². The highest BCUT2D eigenvalue weighted by molar-refractivity contribution is 5.85. The van der Waals surface area contributed by atoms with Crippen LogP contribution in [0.5, 0.6) is 0 Å². The van der Waals surface area contributed by atoms with Crippen LogP contribution >= 0.6 is 12.4 Å². The van der Waals surface area contributed by atoms with Crippen LogP contribution in [0.1, 0.15) is 51.9 Å². The molecule has 2 unspecified atom stereocenters. The number of carbonyl (C=O) groups excluding carboxylic acids is 2. The molecule has 7 nitrogen and oxygen atoms in total. The molecule has 150 valence electrons. The third-order valence-electron chi connectivity index (χ3n) is 5.24. The lowest BCUT2D eigenvalue weighted by Crippen LogP contribution is -2.47. The third-order valence-corrected chi connectivity index (χ3v) is 5.24. The molecule has 0 aromatic heterocycles. The summed E-state index contributed by atoms with van der Waals surface area (Å²) in [5, 5.41) is 14.9. The summed E-state index contributed by atoms with van der Waals surface area (Å²) in [6.45, 7) is 4.95. The van der Waals surface area contributed by atoms with Crippen molar-refractivity contribution in [3.8, 4) is 0 Å². The summed E-state index contributed by atoms with van der Waals surface area (Å²) in [5.74, 6) is -0.510. The van der Waals surface area contributed by atoms with Crippen LogP contribution < -0.4 is 10.6 Å². The van der Waals surface area contributed by atoms with Gasteiger partial charge in [0.05, 0.1) is 12.3 Å². The van der Waals surface area contributed by atoms with Crippen LogP contribution in [0.15, 0.2) is 0 Å². The fourth-order valence-electron chi connectivity index (χ4n) is 3.75. The van der Waals surface area contributed by atoms with Crippen LogP contribution in [0.4, 0.5) is 0 Å². The van der Waals surface area contributed by atoms with Crippen LogP contribution in [0.3, 0.4) is 0 Å². The minimum atomic E-state index is -0.925. The van der Waals surface area contributed by atoms with E-state index in [4.69, 9.17) is 5.11 Å². The average molecular weight is 390 g/mol. The Labute approximate surface area is 161 Å². The molecule has 2 aliphatic rings. The van der Waals surface area contributed by atoms with E-state index in [1.807, 2.05) is 4.90 Å². The maximum atomic E-state index is 12.5. The van der Waals surface area contributed by atoms with E-state index in [1.165, 1.54) is 0 Å². The van der Waals surface area contributed by atoms with E-state index >= 15 is 0 Å². The Bertz CT molecular complexity index is 483. The first-order chi connectivity index (χ1) is 12.0. The van der Waals surface area contributed by atoms with Crippen LogP contribution in [-0.4, -0.2) is 60.0 Å². The topological polar surface area (TPSA) is 98.7 Å². The van der Waals surface area contributed by atoms with Gasteiger partial charge in [0.2, 0.25) is 11.8 Å². The van der Waals surface area contributed by atoms with Gasteiger partial charge in [-0.1, -0.05) is 0 Å². The largest absolute Gasteiger partial charge is 0.481 e. The SMILES string of the molecule is CC(CC(=O)O)NC(=O)C1CCCN(C(=O)CCC2CCNCC2)C1.Cl. The molecule has 26 heavy (non-hydrogen) atoms. The number of carboxylic acid groups (broad SMARTS) is 1. The molecular weight excluding hydrogens is 358 g/mol. The van der Waals surface area contributed by atoms with Crippen molar-refractivity contribution < 1.29 is 19.5 Å². The summed E-state index contributed by atoms with van der Waals surface area (Å²) in [6.07, 6.45) is 5.27. The van der Waals surface area contributed by atoms with Gasteiger partial charge in [0.25, 0.3) is 0 Å². The molecule has 0 radical (unpaired) electrons. The number of nitrogens with zero attached hydrogens (tertiary/aromatic N) is 1. The zero-order chi connectivity index (χ0) is 18.2. The molecule has 2 rings (SSSR count). The second kappa shape index (κ2) is 11.4. The van der Waals surface area contributed by atoms with Gasteiger partial charge in [0.1, 0.15) is 0 Å². The predicted octanol–water partition coefficient (Wildman–Crippen LogP) is 1.41. The molecule has 2 fully saturated rings. The van der Waals surface area contributed by atoms with Crippen molar-refractivity contribution in [3.05, 3.63) is 0 Å². The Morgan fingerprint density at radius 2 is 1.92 bits per heavy atom. The minimum Gasteiger partial charge on any atom is -0.481 e. The number of aliphatic carboxylic acids is 1. The van der Waals surface area contributed by atoms with E-state index in [0.717, 1.165) is 51.7 Å². The number of halogens is 1. The van der Waals surface area contributed by atoms with Gasteiger partial charge in [-0.3, -0.25) is 14.4 Å². The molecule has 0 saturated carbocycles. The average Bonchev–Trinajstić information content (AvgIpc) is 2.60. The highest BCUT2D eigenvalue weighted by Crippen LogP contribution is 2.21. The van der Waals surface area contributed by atoms with Gasteiger partial charge in [-0.25, -0.2) is 0 Å². The molecule has 0 aromatic carbocycles. The molecule has 0 aliphatic carbocycles. The summed E-state index contributed by atoms with van der Waals surface area (Å²) in [4.78, 5) is 37.3. The van der Waals surface area contributed by atoms with Crippen molar-refractivity contribution in [1.29, 1.82) is 0 Å². The van der Waals surface area contributed by atoms with Gasteiger partial charge >= 0.3 is 5.97 Å². The maximum Gasteiger partial charge on any atom is 0.305 e. The van der Waals surface area contributed by atoms with Crippen molar-refractivity contribution in [1.82, 2.24) is 15.5 Å². The Kier molecular flexibility index (Phi) is 9.94.